The van der Waals surface area contributed by atoms with Gasteiger partial charge in [-0.2, -0.15) is 0 Å². The number of piperidine rings is 1. The predicted molar refractivity (Wildman–Crippen MR) is 85.5 cm³/mol. The Balaban J connectivity index is 1.28. The maximum Gasteiger partial charge on any atom is 0.220 e. The quantitative estimate of drug-likeness (QED) is 0.784. The van der Waals surface area contributed by atoms with Gasteiger partial charge >= 0.3 is 0 Å². The smallest absolute Gasteiger partial charge is 0.220 e. The number of amides is 1. The largest absolute Gasteiger partial charge is 0.378 e. The van der Waals surface area contributed by atoms with Crippen LogP contribution in [0.5, 0.6) is 0 Å². The number of likely N-dealkylation sites (tertiary alicyclic amines) is 1. The number of rotatable bonds is 7. The minimum Gasteiger partial charge on any atom is -0.378 e. The Morgan fingerprint density at radius 3 is 2.77 bits per heavy atom. The normalized spacial score (nSPS) is 35.4. The molecule has 22 heavy (non-hydrogen) atoms. The number of nitrogens with one attached hydrogen (secondary N) is 1. The lowest BCUT2D eigenvalue weighted by Gasteiger charge is -2.44. The molecule has 0 radical (unpaired) electrons. The number of ether oxygens (including phenoxy) is 1. The summed E-state index contributed by atoms with van der Waals surface area (Å²) in [5.74, 6) is 1.92. The van der Waals surface area contributed by atoms with Gasteiger partial charge in [0.15, 0.2) is 0 Å². The molecule has 1 N–H and O–H groups in total. The molecule has 4 aliphatic rings. The van der Waals surface area contributed by atoms with Gasteiger partial charge in [0.25, 0.3) is 0 Å². The van der Waals surface area contributed by atoms with Gasteiger partial charge in [-0.3, -0.25) is 4.79 Å². The Morgan fingerprint density at radius 2 is 2.00 bits per heavy atom. The van der Waals surface area contributed by atoms with Crippen molar-refractivity contribution >= 4 is 5.91 Å². The number of carbonyl (C=O) groups is 1. The molecule has 4 fully saturated rings. The van der Waals surface area contributed by atoms with Gasteiger partial charge in [0, 0.05) is 44.6 Å². The van der Waals surface area contributed by atoms with Gasteiger partial charge in [-0.25, -0.2) is 0 Å². The first-order valence-electron chi connectivity index (χ1n) is 9.34. The van der Waals surface area contributed by atoms with Crippen LogP contribution in [0.2, 0.25) is 0 Å². The summed E-state index contributed by atoms with van der Waals surface area (Å²) < 4.78 is 6.02. The van der Waals surface area contributed by atoms with Crippen LogP contribution in [0.4, 0.5) is 0 Å². The fourth-order valence-corrected chi connectivity index (χ4v) is 4.43. The SMILES string of the molecule is O=C(CC1CC1)NCC[C@@]12CCO[C@@H]1CCN(CC1CC1)C2. The highest BCUT2D eigenvalue weighted by molar-refractivity contribution is 5.76. The summed E-state index contributed by atoms with van der Waals surface area (Å²) in [6.45, 7) is 5.44. The van der Waals surface area contributed by atoms with Crippen LogP contribution in [-0.4, -0.2) is 49.7 Å². The van der Waals surface area contributed by atoms with E-state index in [0.717, 1.165) is 31.9 Å². The molecule has 2 saturated heterocycles. The highest BCUT2D eigenvalue weighted by Gasteiger charge is 2.47. The van der Waals surface area contributed by atoms with E-state index >= 15 is 0 Å². The van der Waals surface area contributed by atoms with Crippen LogP contribution >= 0.6 is 0 Å². The molecule has 1 amide bonds. The van der Waals surface area contributed by atoms with Crippen LogP contribution < -0.4 is 5.32 Å². The molecule has 0 bridgehead atoms. The van der Waals surface area contributed by atoms with Crippen molar-refractivity contribution in [2.75, 3.05) is 32.8 Å². The molecule has 0 spiro atoms. The summed E-state index contributed by atoms with van der Waals surface area (Å²) >= 11 is 0. The van der Waals surface area contributed by atoms with E-state index in [4.69, 9.17) is 4.74 Å². The van der Waals surface area contributed by atoms with Crippen LogP contribution in [0, 0.1) is 17.3 Å². The molecule has 0 unspecified atom stereocenters. The molecule has 2 atom stereocenters. The van der Waals surface area contributed by atoms with Gasteiger partial charge in [-0.05, 0) is 56.8 Å². The van der Waals surface area contributed by atoms with Crippen molar-refractivity contribution in [2.45, 2.75) is 57.5 Å². The lowest BCUT2D eigenvalue weighted by atomic mass is 9.74. The van der Waals surface area contributed by atoms with Crippen molar-refractivity contribution in [2.24, 2.45) is 17.3 Å². The van der Waals surface area contributed by atoms with E-state index in [0.29, 0.717) is 17.4 Å². The number of nitrogens with zero attached hydrogens (tertiary/aromatic N) is 1. The highest BCUT2D eigenvalue weighted by atomic mass is 16.5. The molecule has 2 aliphatic carbocycles. The van der Waals surface area contributed by atoms with Crippen LogP contribution in [0.25, 0.3) is 0 Å². The van der Waals surface area contributed by atoms with Gasteiger partial charge in [-0.1, -0.05) is 0 Å². The van der Waals surface area contributed by atoms with Crippen molar-refractivity contribution < 1.29 is 9.53 Å². The Kier molecular flexibility index (Phi) is 4.16. The summed E-state index contributed by atoms with van der Waals surface area (Å²) in [7, 11) is 0. The van der Waals surface area contributed by atoms with Crippen molar-refractivity contribution in [1.29, 1.82) is 0 Å². The summed E-state index contributed by atoms with van der Waals surface area (Å²) in [6, 6.07) is 0. The van der Waals surface area contributed by atoms with Crippen molar-refractivity contribution in [1.82, 2.24) is 10.2 Å². The molecule has 0 aromatic rings. The second kappa shape index (κ2) is 6.12. The molecule has 2 saturated carbocycles. The third-order valence-electron chi connectivity index (χ3n) is 6.18. The maximum absolute atomic E-state index is 11.9. The highest BCUT2D eigenvalue weighted by Crippen LogP contribution is 2.44. The van der Waals surface area contributed by atoms with E-state index in [-0.39, 0.29) is 5.91 Å². The first-order valence-corrected chi connectivity index (χ1v) is 9.34. The Morgan fingerprint density at radius 1 is 1.18 bits per heavy atom. The molecule has 0 aromatic carbocycles. The van der Waals surface area contributed by atoms with E-state index < -0.39 is 0 Å². The summed E-state index contributed by atoms with van der Waals surface area (Å²) in [5.41, 5.74) is 0.306. The fraction of sp³-hybridized carbons (Fsp3) is 0.944. The van der Waals surface area contributed by atoms with E-state index in [1.807, 2.05) is 0 Å². The monoisotopic (exact) mass is 306 g/mol. The van der Waals surface area contributed by atoms with Crippen LogP contribution in [0.15, 0.2) is 0 Å². The van der Waals surface area contributed by atoms with E-state index in [1.165, 1.54) is 58.2 Å². The topological polar surface area (TPSA) is 41.6 Å². The minimum atomic E-state index is 0.264. The maximum atomic E-state index is 11.9. The Hall–Kier alpha value is -0.610. The average Bonchev–Trinajstić information content (AvgIpc) is 3.40. The Labute approximate surface area is 134 Å². The fourth-order valence-electron chi connectivity index (χ4n) is 4.43. The van der Waals surface area contributed by atoms with Crippen LogP contribution in [-0.2, 0) is 9.53 Å². The molecule has 2 aliphatic heterocycles. The average molecular weight is 306 g/mol. The minimum absolute atomic E-state index is 0.264. The van der Waals surface area contributed by atoms with Crippen LogP contribution in [0.3, 0.4) is 0 Å². The molecule has 2 heterocycles. The summed E-state index contributed by atoms with van der Waals surface area (Å²) in [4.78, 5) is 14.6. The first kappa shape index (κ1) is 14.9. The van der Waals surface area contributed by atoms with Gasteiger partial charge in [0.1, 0.15) is 0 Å². The molecule has 0 aromatic heterocycles. The second-order valence-corrected chi connectivity index (χ2v) is 8.19. The number of carbonyl (C=O) groups excluding carboxylic acids is 1. The molecule has 124 valence electrons. The third kappa shape index (κ3) is 3.48. The first-order chi connectivity index (χ1) is 10.7. The predicted octanol–water partition coefficient (Wildman–Crippen LogP) is 2.18. The molecular formula is C18H30N2O2. The number of hydrogen-bond acceptors (Lipinski definition) is 3. The zero-order valence-corrected chi connectivity index (χ0v) is 13.7. The third-order valence-corrected chi connectivity index (χ3v) is 6.18. The number of fused-ring (bicyclic) bond motifs is 1. The zero-order chi connectivity index (χ0) is 15.0. The standard InChI is InChI=1S/C18H30N2O2/c21-17(11-14-1-2-14)19-8-6-18-7-10-22-16(18)5-9-20(13-18)12-15-3-4-15/h14-16H,1-13H2,(H,19,21)/t16-,18+/m1/s1. The molecule has 4 nitrogen and oxygen atoms in total. The second-order valence-electron chi connectivity index (χ2n) is 8.19. The summed E-state index contributed by atoms with van der Waals surface area (Å²) in [5, 5.41) is 3.16. The van der Waals surface area contributed by atoms with Crippen molar-refractivity contribution in [3.8, 4) is 0 Å². The Bertz CT molecular complexity index is 419. The molecule has 4 rings (SSSR count). The van der Waals surface area contributed by atoms with Gasteiger partial charge < -0.3 is 15.0 Å². The van der Waals surface area contributed by atoms with Crippen molar-refractivity contribution in [3.05, 3.63) is 0 Å². The van der Waals surface area contributed by atoms with Gasteiger partial charge in [0.2, 0.25) is 5.91 Å². The molecular weight excluding hydrogens is 276 g/mol. The van der Waals surface area contributed by atoms with E-state index in [1.54, 1.807) is 0 Å². The summed E-state index contributed by atoms with van der Waals surface area (Å²) in [6.07, 6.45) is 10.0. The molecule has 4 heteroatoms. The van der Waals surface area contributed by atoms with Gasteiger partial charge in [0.05, 0.1) is 6.10 Å². The van der Waals surface area contributed by atoms with Gasteiger partial charge in [-0.15, -0.1) is 0 Å². The number of hydrogen-bond donors (Lipinski definition) is 1. The lowest BCUT2D eigenvalue weighted by molar-refractivity contribution is -0.121. The van der Waals surface area contributed by atoms with E-state index in [9.17, 15) is 4.79 Å². The van der Waals surface area contributed by atoms with E-state index in [2.05, 4.69) is 10.2 Å². The lowest BCUT2D eigenvalue weighted by Crippen LogP contribution is -2.51. The zero-order valence-electron chi connectivity index (χ0n) is 13.7. The van der Waals surface area contributed by atoms with Crippen molar-refractivity contribution in [3.63, 3.8) is 0 Å². The van der Waals surface area contributed by atoms with Crippen LogP contribution in [0.1, 0.15) is 51.4 Å².